The van der Waals surface area contributed by atoms with E-state index in [0.717, 1.165) is 12.0 Å². The van der Waals surface area contributed by atoms with Crippen molar-refractivity contribution in [1.29, 1.82) is 0 Å². The predicted octanol–water partition coefficient (Wildman–Crippen LogP) is 5.02. The van der Waals surface area contributed by atoms with Crippen LogP contribution in [0.4, 0.5) is 5.69 Å². The SMILES string of the molecule is CCc1ccc(NC(=O)c2cccn(Cc3ccc(Cl)c(Cl)c3)c2=O)cc1. The second-order valence-corrected chi connectivity index (χ2v) is 6.92. The van der Waals surface area contributed by atoms with Crippen LogP contribution in [0.15, 0.2) is 65.6 Å². The standard InChI is InChI=1S/C21H18Cl2N2O2/c1-2-14-5-8-16(9-6-14)24-20(26)17-4-3-11-25(21(17)27)13-15-7-10-18(22)19(23)12-15/h3-12H,2,13H2,1H3,(H,24,26). The van der Waals surface area contributed by atoms with Crippen molar-refractivity contribution in [3.63, 3.8) is 0 Å². The van der Waals surface area contributed by atoms with Gasteiger partial charge in [-0.15, -0.1) is 0 Å². The van der Waals surface area contributed by atoms with Crippen LogP contribution in [0.5, 0.6) is 0 Å². The number of anilines is 1. The summed E-state index contributed by atoms with van der Waals surface area (Å²) < 4.78 is 1.47. The first-order valence-corrected chi connectivity index (χ1v) is 9.27. The molecule has 0 bridgehead atoms. The maximum absolute atomic E-state index is 12.7. The van der Waals surface area contributed by atoms with Gasteiger partial charge in [-0.25, -0.2) is 0 Å². The molecule has 138 valence electrons. The summed E-state index contributed by atoms with van der Waals surface area (Å²) in [6.45, 7) is 2.36. The van der Waals surface area contributed by atoms with Gasteiger partial charge in [0.05, 0.1) is 16.6 Å². The topological polar surface area (TPSA) is 51.1 Å². The molecule has 0 atom stereocenters. The molecule has 27 heavy (non-hydrogen) atoms. The van der Waals surface area contributed by atoms with E-state index in [2.05, 4.69) is 12.2 Å². The Labute approximate surface area is 167 Å². The van der Waals surface area contributed by atoms with Crippen molar-refractivity contribution in [3.05, 3.63) is 97.9 Å². The Hall–Kier alpha value is -2.56. The van der Waals surface area contributed by atoms with E-state index < -0.39 is 5.91 Å². The lowest BCUT2D eigenvalue weighted by Gasteiger charge is -2.10. The first-order chi connectivity index (χ1) is 13.0. The van der Waals surface area contributed by atoms with Crippen LogP contribution in [-0.2, 0) is 13.0 Å². The third-order valence-corrected chi connectivity index (χ3v) is 4.96. The molecule has 3 rings (SSSR count). The van der Waals surface area contributed by atoms with E-state index >= 15 is 0 Å². The van der Waals surface area contributed by atoms with Gasteiger partial charge in [0.2, 0.25) is 0 Å². The normalized spacial score (nSPS) is 10.6. The Bertz CT molecular complexity index is 1030. The van der Waals surface area contributed by atoms with E-state index in [1.54, 1.807) is 30.5 Å². The number of carbonyl (C=O) groups is 1. The lowest BCUT2D eigenvalue weighted by Crippen LogP contribution is -2.29. The van der Waals surface area contributed by atoms with Gasteiger partial charge in [-0.3, -0.25) is 9.59 Å². The molecule has 1 N–H and O–H groups in total. The van der Waals surface area contributed by atoms with Crippen LogP contribution >= 0.6 is 23.2 Å². The predicted molar refractivity (Wildman–Crippen MR) is 110 cm³/mol. The second kappa shape index (κ2) is 8.42. The van der Waals surface area contributed by atoms with Crippen molar-refractivity contribution >= 4 is 34.8 Å². The number of rotatable bonds is 5. The van der Waals surface area contributed by atoms with Crippen LogP contribution < -0.4 is 10.9 Å². The second-order valence-electron chi connectivity index (χ2n) is 6.11. The number of carbonyl (C=O) groups excluding carboxylic acids is 1. The zero-order valence-corrected chi connectivity index (χ0v) is 16.2. The van der Waals surface area contributed by atoms with Gasteiger partial charge >= 0.3 is 0 Å². The van der Waals surface area contributed by atoms with E-state index in [0.29, 0.717) is 22.3 Å². The van der Waals surface area contributed by atoms with Crippen molar-refractivity contribution in [2.24, 2.45) is 0 Å². The van der Waals surface area contributed by atoms with E-state index in [4.69, 9.17) is 23.2 Å². The number of nitrogens with one attached hydrogen (secondary N) is 1. The molecule has 0 unspecified atom stereocenters. The van der Waals surface area contributed by atoms with Crippen LogP contribution in [0.2, 0.25) is 10.0 Å². The summed E-state index contributed by atoms with van der Waals surface area (Å²) in [7, 11) is 0. The molecule has 1 heterocycles. The highest BCUT2D eigenvalue weighted by Crippen LogP contribution is 2.22. The van der Waals surface area contributed by atoms with E-state index in [9.17, 15) is 9.59 Å². The van der Waals surface area contributed by atoms with Gasteiger partial charge in [0, 0.05) is 11.9 Å². The first-order valence-electron chi connectivity index (χ1n) is 8.51. The van der Waals surface area contributed by atoms with Gasteiger partial charge in [0.25, 0.3) is 11.5 Å². The average Bonchev–Trinajstić information content (AvgIpc) is 2.67. The highest BCUT2D eigenvalue weighted by atomic mass is 35.5. The van der Waals surface area contributed by atoms with Gasteiger partial charge in [-0.2, -0.15) is 0 Å². The van der Waals surface area contributed by atoms with Crippen molar-refractivity contribution in [2.75, 3.05) is 5.32 Å². The number of nitrogens with zero attached hydrogens (tertiary/aromatic N) is 1. The summed E-state index contributed by atoms with van der Waals surface area (Å²) >= 11 is 12.0. The lowest BCUT2D eigenvalue weighted by molar-refractivity contribution is 0.102. The first kappa shape index (κ1) is 19.2. The smallest absolute Gasteiger partial charge is 0.263 e. The fraction of sp³-hybridized carbons (Fsp3) is 0.143. The number of pyridine rings is 1. The quantitative estimate of drug-likeness (QED) is 0.653. The number of benzene rings is 2. The summed E-state index contributed by atoms with van der Waals surface area (Å²) in [5.74, 6) is -0.437. The monoisotopic (exact) mass is 400 g/mol. The van der Waals surface area contributed by atoms with Crippen molar-refractivity contribution in [2.45, 2.75) is 19.9 Å². The Morgan fingerprint density at radius 3 is 2.37 bits per heavy atom. The Morgan fingerprint density at radius 1 is 1.00 bits per heavy atom. The molecule has 2 aromatic carbocycles. The summed E-state index contributed by atoms with van der Waals surface area (Å²) in [4.78, 5) is 25.2. The van der Waals surface area contributed by atoms with Gasteiger partial charge in [0.1, 0.15) is 5.56 Å². The Balaban J connectivity index is 1.81. The summed E-state index contributed by atoms with van der Waals surface area (Å²) in [6.07, 6.45) is 2.56. The lowest BCUT2D eigenvalue weighted by atomic mass is 10.1. The Kier molecular flexibility index (Phi) is 5.99. The largest absolute Gasteiger partial charge is 0.322 e. The van der Waals surface area contributed by atoms with E-state index in [-0.39, 0.29) is 11.1 Å². The molecular formula is C21H18Cl2N2O2. The molecule has 0 aliphatic carbocycles. The maximum atomic E-state index is 12.7. The molecule has 0 spiro atoms. The molecule has 0 fully saturated rings. The number of hydrogen-bond acceptors (Lipinski definition) is 2. The van der Waals surface area contributed by atoms with Crippen LogP contribution in [0.1, 0.15) is 28.4 Å². The highest BCUT2D eigenvalue weighted by Gasteiger charge is 2.13. The van der Waals surface area contributed by atoms with Crippen LogP contribution in [0.3, 0.4) is 0 Å². The molecule has 6 heteroatoms. The molecule has 4 nitrogen and oxygen atoms in total. The molecule has 0 aliphatic rings. The minimum absolute atomic E-state index is 0.0807. The van der Waals surface area contributed by atoms with Crippen LogP contribution in [0.25, 0.3) is 0 Å². The highest BCUT2D eigenvalue weighted by molar-refractivity contribution is 6.42. The van der Waals surface area contributed by atoms with Crippen molar-refractivity contribution in [3.8, 4) is 0 Å². The average molecular weight is 401 g/mol. The van der Waals surface area contributed by atoms with Crippen molar-refractivity contribution < 1.29 is 4.79 Å². The molecule has 0 radical (unpaired) electrons. The Morgan fingerprint density at radius 2 is 1.70 bits per heavy atom. The molecule has 1 aromatic heterocycles. The number of aromatic nitrogens is 1. The molecular weight excluding hydrogens is 383 g/mol. The van der Waals surface area contributed by atoms with Crippen LogP contribution in [-0.4, -0.2) is 10.5 Å². The summed E-state index contributed by atoms with van der Waals surface area (Å²) in [5, 5.41) is 3.64. The third-order valence-electron chi connectivity index (χ3n) is 4.22. The zero-order valence-electron chi connectivity index (χ0n) is 14.7. The maximum Gasteiger partial charge on any atom is 0.263 e. The molecule has 0 saturated heterocycles. The van der Waals surface area contributed by atoms with Crippen molar-refractivity contribution in [1.82, 2.24) is 4.57 Å². The third kappa shape index (κ3) is 4.59. The number of halogens is 2. The van der Waals surface area contributed by atoms with Gasteiger partial charge < -0.3 is 9.88 Å². The van der Waals surface area contributed by atoms with E-state index in [1.807, 2.05) is 24.3 Å². The minimum Gasteiger partial charge on any atom is -0.322 e. The van der Waals surface area contributed by atoms with Gasteiger partial charge in [-0.1, -0.05) is 48.3 Å². The molecule has 3 aromatic rings. The number of aryl methyl sites for hydroxylation is 1. The number of amides is 1. The summed E-state index contributed by atoms with van der Waals surface area (Å²) in [6, 6.07) is 15.9. The molecule has 0 saturated carbocycles. The number of hydrogen-bond donors (Lipinski definition) is 1. The fourth-order valence-corrected chi connectivity index (χ4v) is 3.01. The summed E-state index contributed by atoms with van der Waals surface area (Å²) in [5.41, 5.74) is 2.36. The van der Waals surface area contributed by atoms with E-state index in [1.165, 1.54) is 16.2 Å². The van der Waals surface area contributed by atoms with Gasteiger partial charge in [0.15, 0.2) is 0 Å². The minimum atomic E-state index is -0.437. The zero-order chi connectivity index (χ0) is 19.4. The van der Waals surface area contributed by atoms with Gasteiger partial charge in [-0.05, 0) is 53.9 Å². The van der Waals surface area contributed by atoms with Crippen LogP contribution in [0, 0.1) is 0 Å². The molecule has 1 amide bonds. The molecule has 0 aliphatic heterocycles. The fourth-order valence-electron chi connectivity index (χ4n) is 2.69.